The third-order valence-corrected chi connectivity index (χ3v) is 3.31. The first kappa shape index (κ1) is 13.9. The number of likely N-dealkylation sites (N-methyl/N-ethyl adjacent to an activating group) is 1. The maximum atomic E-state index is 4.44. The standard InChI is InChI=1S/C13H24N4/c1-6-10(2)17(5)8-7-14-13-9-15-11(3)12(4)16-13/h9-10H,6-8H2,1-5H3,(H,14,16). The lowest BCUT2D eigenvalue weighted by Gasteiger charge is -2.23. The number of hydrogen-bond donors (Lipinski definition) is 1. The molecule has 0 spiro atoms. The fourth-order valence-electron chi connectivity index (χ4n) is 1.52. The van der Waals surface area contributed by atoms with E-state index in [9.17, 15) is 0 Å². The van der Waals surface area contributed by atoms with Gasteiger partial charge in [-0.1, -0.05) is 6.92 Å². The molecule has 1 aromatic heterocycles. The number of nitrogens with zero attached hydrogens (tertiary/aromatic N) is 3. The summed E-state index contributed by atoms with van der Waals surface area (Å²) in [6.07, 6.45) is 2.98. The van der Waals surface area contributed by atoms with Crippen molar-refractivity contribution in [2.24, 2.45) is 0 Å². The van der Waals surface area contributed by atoms with Crippen molar-refractivity contribution in [3.05, 3.63) is 17.6 Å². The van der Waals surface area contributed by atoms with E-state index in [1.165, 1.54) is 6.42 Å². The highest BCUT2D eigenvalue weighted by Crippen LogP contribution is 2.05. The fourth-order valence-corrected chi connectivity index (χ4v) is 1.52. The highest BCUT2D eigenvalue weighted by atomic mass is 15.1. The number of aromatic nitrogens is 2. The number of anilines is 1. The molecule has 1 atom stereocenters. The van der Waals surface area contributed by atoms with Gasteiger partial charge in [-0.2, -0.15) is 0 Å². The minimum atomic E-state index is 0.627. The number of hydrogen-bond acceptors (Lipinski definition) is 4. The van der Waals surface area contributed by atoms with Crippen molar-refractivity contribution in [1.29, 1.82) is 0 Å². The molecular formula is C13H24N4. The lowest BCUT2D eigenvalue weighted by molar-refractivity contribution is 0.261. The molecule has 0 radical (unpaired) electrons. The molecule has 0 saturated carbocycles. The Hall–Kier alpha value is -1.16. The molecule has 0 bridgehead atoms. The lowest BCUT2D eigenvalue weighted by Crippen LogP contribution is -2.32. The molecule has 1 N–H and O–H groups in total. The summed E-state index contributed by atoms with van der Waals surface area (Å²) in [5.41, 5.74) is 1.98. The van der Waals surface area contributed by atoms with Crippen LogP contribution in [0.4, 0.5) is 5.82 Å². The summed E-state index contributed by atoms with van der Waals surface area (Å²) in [6.45, 7) is 10.3. The van der Waals surface area contributed by atoms with E-state index in [2.05, 4.69) is 41.1 Å². The highest BCUT2D eigenvalue weighted by Gasteiger charge is 2.06. The predicted molar refractivity (Wildman–Crippen MR) is 72.4 cm³/mol. The number of aryl methyl sites for hydroxylation is 2. The third-order valence-electron chi connectivity index (χ3n) is 3.31. The molecule has 0 aliphatic carbocycles. The van der Waals surface area contributed by atoms with Crippen LogP contribution in [0.15, 0.2) is 6.20 Å². The molecule has 0 aromatic carbocycles. The first-order valence-electron chi connectivity index (χ1n) is 6.29. The second-order valence-electron chi connectivity index (χ2n) is 4.59. The van der Waals surface area contributed by atoms with E-state index < -0.39 is 0 Å². The average molecular weight is 236 g/mol. The van der Waals surface area contributed by atoms with Crippen LogP contribution < -0.4 is 5.32 Å². The van der Waals surface area contributed by atoms with Crippen molar-refractivity contribution in [1.82, 2.24) is 14.9 Å². The summed E-state index contributed by atoms with van der Waals surface area (Å²) < 4.78 is 0. The summed E-state index contributed by atoms with van der Waals surface area (Å²) in [6, 6.07) is 0.627. The Labute approximate surface area is 104 Å². The molecule has 4 heteroatoms. The van der Waals surface area contributed by atoms with Gasteiger partial charge in [0.15, 0.2) is 0 Å². The SMILES string of the molecule is CCC(C)N(C)CCNc1cnc(C)c(C)n1. The molecule has 1 unspecified atom stereocenters. The average Bonchev–Trinajstić information content (AvgIpc) is 2.32. The van der Waals surface area contributed by atoms with Crippen LogP contribution >= 0.6 is 0 Å². The van der Waals surface area contributed by atoms with E-state index in [-0.39, 0.29) is 0 Å². The van der Waals surface area contributed by atoms with Gasteiger partial charge in [-0.25, -0.2) is 4.98 Å². The van der Waals surface area contributed by atoms with Gasteiger partial charge in [-0.15, -0.1) is 0 Å². The van der Waals surface area contributed by atoms with Gasteiger partial charge in [0, 0.05) is 19.1 Å². The van der Waals surface area contributed by atoms with E-state index in [1.54, 1.807) is 6.20 Å². The molecular weight excluding hydrogens is 212 g/mol. The molecule has 1 rings (SSSR count). The molecule has 0 aliphatic rings. The predicted octanol–water partition coefficient (Wildman–Crippen LogP) is 2.24. The molecule has 0 fully saturated rings. The summed E-state index contributed by atoms with van der Waals surface area (Å²) >= 11 is 0. The highest BCUT2D eigenvalue weighted by molar-refractivity contribution is 5.33. The lowest BCUT2D eigenvalue weighted by atomic mass is 10.2. The van der Waals surface area contributed by atoms with Crippen LogP contribution in [0, 0.1) is 13.8 Å². The minimum Gasteiger partial charge on any atom is -0.368 e. The Morgan fingerprint density at radius 1 is 1.35 bits per heavy atom. The van der Waals surface area contributed by atoms with Crippen molar-refractivity contribution >= 4 is 5.82 Å². The second-order valence-corrected chi connectivity index (χ2v) is 4.59. The topological polar surface area (TPSA) is 41.0 Å². The fraction of sp³-hybridized carbons (Fsp3) is 0.692. The normalized spacial score (nSPS) is 12.8. The number of nitrogens with one attached hydrogen (secondary N) is 1. The Morgan fingerprint density at radius 2 is 2.06 bits per heavy atom. The molecule has 0 saturated heterocycles. The second kappa shape index (κ2) is 6.55. The van der Waals surface area contributed by atoms with Gasteiger partial charge in [0.2, 0.25) is 0 Å². The van der Waals surface area contributed by atoms with Crippen LogP contribution in [0.5, 0.6) is 0 Å². The van der Waals surface area contributed by atoms with E-state index in [0.717, 1.165) is 30.3 Å². The molecule has 4 nitrogen and oxygen atoms in total. The zero-order valence-corrected chi connectivity index (χ0v) is 11.6. The van der Waals surface area contributed by atoms with E-state index in [4.69, 9.17) is 0 Å². The van der Waals surface area contributed by atoms with Crippen LogP contribution in [-0.4, -0.2) is 41.0 Å². The van der Waals surface area contributed by atoms with Crippen molar-refractivity contribution in [3.8, 4) is 0 Å². The zero-order chi connectivity index (χ0) is 12.8. The first-order chi connectivity index (χ1) is 8.04. The van der Waals surface area contributed by atoms with Crippen molar-refractivity contribution in [2.45, 2.75) is 40.2 Å². The third kappa shape index (κ3) is 4.30. The summed E-state index contributed by atoms with van der Waals surface area (Å²) in [5.74, 6) is 0.866. The smallest absolute Gasteiger partial charge is 0.144 e. The maximum absolute atomic E-state index is 4.44. The van der Waals surface area contributed by atoms with Crippen LogP contribution in [0.2, 0.25) is 0 Å². The van der Waals surface area contributed by atoms with E-state index in [0.29, 0.717) is 6.04 Å². The first-order valence-corrected chi connectivity index (χ1v) is 6.29. The van der Waals surface area contributed by atoms with Gasteiger partial charge >= 0.3 is 0 Å². The Bertz CT molecular complexity index is 351. The molecule has 96 valence electrons. The van der Waals surface area contributed by atoms with Crippen molar-refractivity contribution in [2.75, 3.05) is 25.5 Å². The van der Waals surface area contributed by atoms with Crippen LogP contribution in [-0.2, 0) is 0 Å². The van der Waals surface area contributed by atoms with Gasteiger partial charge in [0.05, 0.1) is 17.6 Å². The maximum Gasteiger partial charge on any atom is 0.144 e. The van der Waals surface area contributed by atoms with Crippen LogP contribution in [0.25, 0.3) is 0 Å². The summed E-state index contributed by atoms with van der Waals surface area (Å²) in [4.78, 5) is 11.1. The molecule has 0 amide bonds. The Morgan fingerprint density at radius 3 is 2.65 bits per heavy atom. The summed E-state index contributed by atoms with van der Waals surface area (Å²) in [5, 5.41) is 3.31. The summed E-state index contributed by atoms with van der Waals surface area (Å²) in [7, 11) is 2.15. The molecule has 17 heavy (non-hydrogen) atoms. The molecule has 1 aromatic rings. The Kier molecular flexibility index (Phi) is 5.35. The number of rotatable bonds is 6. The van der Waals surface area contributed by atoms with Gasteiger partial charge in [0.25, 0.3) is 0 Å². The monoisotopic (exact) mass is 236 g/mol. The van der Waals surface area contributed by atoms with Gasteiger partial charge in [-0.05, 0) is 34.2 Å². The molecule has 1 heterocycles. The van der Waals surface area contributed by atoms with Gasteiger partial charge in [0.1, 0.15) is 5.82 Å². The van der Waals surface area contributed by atoms with E-state index in [1.807, 2.05) is 13.8 Å². The molecule has 0 aliphatic heterocycles. The quantitative estimate of drug-likeness (QED) is 0.822. The van der Waals surface area contributed by atoms with Crippen LogP contribution in [0.1, 0.15) is 31.7 Å². The van der Waals surface area contributed by atoms with Crippen molar-refractivity contribution in [3.63, 3.8) is 0 Å². The minimum absolute atomic E-state index is 0.627. The van der Waals surface area contributed by atoms with Crippen LogP contribution in [0.3, 0.4) is 0 Å². The van der Waals surface area contributed by atoms with Gasteiger partial charge in [-0.3, -0.25) is 4.98 Å². The zero-order valence-electron chi connectivity index (χ0n) is 11.6. The van der Waals surface area contributed by atoms with E-state index >= 15 is 0 Å². The largest absolute Gasteiger partial charge is 0.368 e. The van der Waals surface area contributed by atoms with Gasteiger partial charge < -0.3 is 10.2 Å². The Balaban J connectivity index is 2.38. The van der Waals surface area contributed by atoms with Crippen molar-refractivity contribution < 1.29 is 0 Å².